The zero-order valence-electron chi connectivity index (χ0n) is 17.5. The van der Waals surface area contributed by atoms with Gasteiger partial charge in [-0.25, -0.2) is 9.50 Å². The van der Waals surface area contributed by atoms with E-state index in [4.69, 9.17) is 4.98 Å². The Hall–Kier alpha value is -2.15. The summed E-state index contributed by atoms with van der Waals surface area (Å²) < 4.78 is 1.60. The zero-order chi connectivity index (χ0) is 20.1. The summed E-state index contributed by atoms with van der Waals surface area (Å²) >= 11 is 0. The summed E-state index contributed by atoms with van der Waals surface area (Å²) in [5.41, 5.74) is 3.38. The molecule has 1 saturated heterocycles. The number of H-pyrrole nitrogens is 1. The fraction of sp³-hybridized carbons (Fsp3) is 0.682. The van der Waals surface area contributed by atoms with E-state index in [9.17, 15) is 9.59 Å². The van der Waals surface area contributed by atoms with Crippen molar-refractivity contribution in [3.05, 3.63) is 33.4 Å². The van der Waals surface area contributed by atoms with Crippen LogP contribution in [0.15, 0.2) is 10.9 Å². The summed E-state index contributed by atoms with van der Waals surface area (Å²) in [5.74, 6) is 0.502. The zero-order valence-corrected chi connectivity index (χ0v) is 17.5. The van der Waals surface area contributed by atoms with Crippen molar-refractivity contribution in [2.45, 2.75) is 77.4 Å². The SMILES string of the molecule is CC(C)N1CCc2nc3cc([C@@H]4CCCCN4C(=O)C4CCC4)[nH]n3c(=O)c2C1. The first-order chi connectivity index (χ1) is 14.0. The van der Waals surface area contributed by atoms with Crippen LogP contribution in [-0.4, -0.2) is 49.4 Å². The highest BCUT2D eigenvalue weighted by atomic mass is 16.2. The lowest BCUT2D eigenvalue weighted by molar-refractivity contribution is -0.142. The Balaban J connectivity index is 1.50. The third kappa shape index (κ3) is 3.19. The lowest BCUT2D eigenvalue weighted by atomic mass is 9.83. The summed E-state index contributed by atoms with van der Waals surface area (Å²) in [7, 11) is 0. The van der Waals surface area contributed by atoms with Crippen molar-refractivity contribution < 1.29 is 4.79 Å². The minimum atomic E-state index is 0.00859. The fourth-order valence-corrected chi connectivity index (χ4v) is 5.04. The molecule has 0 aromatic carbocycles. The number of amides is 1. The van der Waals surface area contributed by atoms with E-state index in [0.717, 1.165) is 68.6 Å². The first-order valence-electron chi connectivity index (χ1n) is 11.2. The van der Waals surface area contributed by atoms with Gasteiger partial charge in [-0.05, 0) is 46.0 Å². The first kappa shape index (κ1) is 18.9. The Morgan fingerprint density at radius 1 is 1.17 bits per heavy atom. The molecule has 7 nitrogen and oxygen atoms in total. The van der Waals surface area contributed by atoms with Crippen LogP contribution in [0.3, 0.4) is 0 Å². The number of piperidine rings is 1. The van der Waals surface area contributed by atoms with Crippen molar-refractivity contribution in [3.8, 4) is 0 Å². The molecule has 2 aliphatic heterocycles. The second-order valence-electron chi connectivity index (χ2n) is 9.23. The maximum absolute atomic E-state index is 13.2. The van der Waals surface area contributed by atoms with E-state index >= 15 is 0 Å². The van der Waals surface area contributed by atoms with Crippen molar-refractivity contribution in [2.75, 3.05) is 13.1 Å². The molecule has 1 amide bonds. The second kappa shape index (κ2) is 7.27. The number of carbonyl (C=O) groups excluding carboxylic acids is 1. The molecule has 156 valence electrons. The van der Waals surface area contributed by atoms with Gasteiger partial charge in [0.15, 0.2) is 5.65 Å². The number of hydrogen-bond acceptors (Lipinski definition) is 4. The molecule has 0 spiro atoms. The summed E-state index contributed by atoms with van der Waals surface area (Å²) in [5, 5.41) is 3.32. The van der Waals surface area contributed by atoms with Gasteiger partial charge in [0.2, 0.25) is 5.91 Å². The number of carbonyl (C=O) groups is 1. The van der Waals surface area contributed by atoms with E-state index in [1.54, 1.807) is 4.52 Å². The van der Waals surface area contributed by atoms with Crippen LogP contribution in [-0.2, 0) is 17.8 Å². The number of rotatable bonds is 3. The van der Waals surface area contributed by atoms with Crippen molar-refractivity contribution in [3.63, 3.8) is 0 Å². The van der Waals surface area contributed by atoms with E-state index in [-0.39, 0.29) is 17.5 Å². The Kier molecular flexibility index (Phi) is 4.73. The van der Waals surface area contributed by atoms with E-state index < -0.39 is 0 Å². The highest BCUT2D eigenvalue weighted by Gasteiger charge is 2.36. The molecule has 2 aromatic heterocycles. The van der Waals surface area contributed by atoms with Crippen molar-refractivity contribution in [1.29, 1.82) is 0 Å². The molecule has 2 fully saturated rings. The van der Waals surface area contributed by atoms with Gasteiger partial charge in [-0.1, -0.05) is 6.42 Å². The minimum Gasteiger partial charge on any atom is -0.334 e. The molecular formula is C22H31N5O2. The average Bonchev–Trinajstić information content (AvgIpc) is 3.10. The lowest BCUT2D eigenvalue weighted by Crippen LogP contribution is -2.43. The minimum absolute atomic E-state index is 0.00859. The van der Waals surface area contributed by atoms with E-state index in [1.165, 1.54) is 6.42 Å². The van der Waals surface area contributed by atoms with Gasteiger partial charge in [-0.15, -0.1) is 0 Å². The molecule has 2 aromatic rings. The largest absolute Gasteiger partial charge is 0.334 e. The highest BCUT2D eigenvalue weighted by Crippen LogP contribution is 2.36. The number of nitrogens with one attached hydrogen (secondary N) is 1. The average molecular weight is 398 g/mol. The van der Waals surface area contributed by atoms with Crippen LogP contribution in [0, 0.1) is 5.92 Å². The molecule has 29 heavy (non-hydrogen) atoms. The Morgan fingerprint density at radius 2 is 2.00 bits per heavy atom. The summed E-state index contributed by atoms with van der Waals surface area (Å²) in [6.07, 6.45) is 7.14. The van der Waals surface area contributed by atoms with E-state index in [0.29, 0.717) is 24.1 Å². The maximum atomic E-state index is 13.2. The van der Waals surface area contributed by atoms with Crippen LogP contribution in [0.4, 0.5) is 0 Å². The van der Waals surface area contributed by atoms with Gasteiger partial charge in [-0.2, -0.15) is 0 Å². The predicted octanol–water partition coefficient (Wildman–Crippen LogP) is 2.64. The van der Waals surface area contributed by atoms with E-state index in [2.05, 4.69) is 28.7 Å². The van der Waals surface area contributed by atoms with Crippen LogP contribution in [0.25, 0.3) is 5.65 Å². The molecule has 7 heteroatoms. The quantitative estimate of drug-likeness (QED) is 0.864. The van der Waals surface area contributed by atoms with Crippen molar-refractivity contribution in [2.24, 2.45) is 5.92 Å². The Labute approximate surface area is 171 Å². The van der Waals surface area contributed by atoms with Gasteiger partial charge in [0.05, 0.1) is 23.0 Å². The van der Waals surface area contributed by atoms with Gasteiger partial charge in [0, 0.05) is 44.1 Å². The first-order valence-corrected chi connectivity index (χ1v) is 11.2. The molecular weight excluding hydrogens is 366 g/mol. The molecule has 0 radical (unpaired) electrons. The fourth-order valence-electron chi connectivity index (χ4n) is 5.04. The smallest absolute Gasteiger partial charge is 0.277 e. The topological polar surface area (TPSA) is 73.7 Å². The summed E-state index contributed by atoms with van der Waals surface area (Å²) in [4.78, 5) is 35.4. The lowest BCUT2D eigenvalue weighted by Gasteiger charge is -2.39. The van der Waals surface area contributed by atoms with Crippen LogP contribution in [0.5, 0.6) is 0 Å². The third-order valence-corrected chi connectivity index (χ3v) is 7.14. The molecule has 1 N–H and O–H groups in total. The maximum Gasteiger partial charge on any atom is 0.277 e. The van der Waals surface area contributed by atoms with Gasteiger partial charge < -0.3 is 4.90 Å². The van der Waals surface area contributed by atoms with Crippen molar-refractivity contribution >= 4 is 11.6 Å². The van der Waals surface area contributed by atoms with Crippen LogP contribution >= 0.6 is 0 Å². The van der Waals surface area contributed by atoms with Gasteiger partial charge in [-0.3, -0.25) is 19.6 Å². The van der Waals surface area contributed by atoms with Crippen LogP contribution in [0.1, 0.15) is 75.4 Å². The predicted molar refractivity (Wildman–Crippen MR) is 111 cm³/mol. The normalized spacial score (nSPS) is 23.4. The number of hydrogen-bond donors (Lipinski definition) is 1. The van der Waals surface area contributed by atoms with Gasteiger partial charge in [0.25, 0.3) is 5.56 Å². The number of fused-ring (bicyclic) bond motifs is 2. The van der Waals surface area contributed by atoms with Crippen LogP contribution in [0.2, 0.25) is 0 Å². The number of aromatic amines is 1. The molecule has 1 aliphatic carbocycles. The monoisotopic (exact) mass is 397 g/mol. The number of likely N-dealkylation sites (tertiary alicyclic amines) is 1. The van der Waals surface area contributed by atoms with E-state index in [1.807, 2.05) is 6.07 Å². The molecule has 4 heterocycles. The third-order valence-electron chi connectivity index (χ3n) is 7.14. The summed E-state index contributed by atoms with van der Waals surface area (Å²) in [6.45, 7) is 6.75. The summed E-state index contributed by atoms with van der Waals surface area (Å²) in [6, 6.07) is 2.44. The molecule has 5 rings (SSSR count). The van der Waals surface area contributed by atoms with Gasteiger partial charge in [0.1, 0.15) is 0 Å². The standard InChI is InChI=1S/C22H31N5O2/c1-14(2)25-11-9-17-16(13-25)22(29)27-20(23-17)12-18(24-27)19-8-3-4-10-26(19)21(28)15-6-5-7-15/h12,14-15,19,24H,3-11,13H2,1-2H3/t19-/m0/s1. The molecule has 0 bridgehead atoms. The Bertz CT molecular complexity index is 987. The number of aromatic nitrogens is 3. The van der Waals surface area contributed by atoms with Crippen LogP contribution < -0.4 is 5.56 Å². The van der Waals surface area contributed by atoms with Gasteiger partial charge >= 0.3 is 0 Å². The Morgan fingerprint density at radius 3 is 2.72 bits per heavy atom. The molecule has 1 saturated carbocycles. The molecule has 1 atom stereocenters. The number of nitrogens with zero attached hydrogens (tertiary/aromatic N) is 4. The second-order valence-corrected chi connectivity index (χ2v) is 9.23. The molecule has 0 unspecified atom stereocenters. The highest BCUT2D eigenvalue weighted by molar-refractivity contribution is 5.80. The molecule has 3 aliphatic rings. The van der Waals surface area contributed by atoms with Crippen molar-refractivity contribution in [1.82, 2.24) is 24.4 Å².